The molecule has 12 aromatic carbocycles. The van der Waals surface area contributed by atoms with Gasteiger partial charge in [0.05, 0.1) is 20.6 Å². The fraction of sp³-hybridized carbons (Fsp3) is 0.172. The zero-order chi connectivity index (χ0) is 63.5. The summed E-state index contributed by atoms with van der Waals surface area (Å²) >= 11 is 0. The lowest BCUT2D eigenvalue weighted by Gasteiger charge is -2.34. The smallest absolute Gasteiger partial charge is 0.206 e. The minimum Gasteiger partial charge on any atom is -0.219 e. The molecule has 0 amide bonds. The SMILES string of the molecule is Cc1ccc(C(C)(C)c2ccc(C)cc2)cc1.Cc1ccc(C2(c3ccc(C)c(C)c3)c3ccccc3-c3ccccc32)cc1C.Cc1ccc(C2(c3ccc(C)cc3)c3ccccc3-c3ccccc32)cc1.Cc1ccc(S(=O)(=O)c2ccc(C)cc2)cc1. The summed E-state index contributed by atoms with van der Waals surface area (Å²) in [4.78, 5) is 0.680. The molecule has 2 aliphatic rings. The number of aryl methyl sites for hydroxylation is 10. The Kier molecular flexibility index (Phi) is 17.7. The van der Waals surface area contributed by atoms with Gasteiger partial charge in [0.25, 0.3) is 0 Å². The molecule has 0 saturated heterocycles. The molecule has 2 nitrogen and oxygen atoms in total. The molecule has 0 fully saturated rings. The largest absolute Gasteiger partial charge is 0.219 e. The minimum atomic E-state index is -3.37. The number of hydrogen-bond acceptors (Lipinski definition) is 2. The van der Waals surface area contributed by atoms with E-state index >= 15 is 0 Å². The summed E-state index contributed by atoms with van der Waals surface area (Å²) in [5.74, 6) is 0. The van der Waals surface area contributed by atoms with Crippen molar-refractivity contribution in [1.82, 2.24) is 0 Å². The molecule has 90 heavy (non-hydrogen) atoms. The Morgan fingerprint density at radius 1 is 0.256 bits per heavy atom. The van der Waals surface area contributed by atoms with Crippen LogP contribution in [0.2, 0.25) is 0 Å². The topological polar surface area (TPSA) is 34.1 Å². The third-order valence-corrected chi connectivity index (χ3v) is 20.7. The van der Waals surface area contributed by atoms with Gasteiger partial charge in [-0.15, -0.1) is 0 Å². The lowest BCUT2D eigenvalue weighted by atomic mass is 9.67. The summed E-state index contributed by atoms with van der Waals surface area (Å²) in [5, 5.41) is 0. The van der Waals surface area contributed by atoms with Crippen LogP contribution >= 0.6 is 0 Å². The molecule has 0 bridgehead atoms. The third-order valence-electron chi connectivity index (χ3n) is 19.0. The molecule has 0 N–H and O–H groups in total. The fourth-order valence-electron chi connectivity index (χ4n) is 13.3. The average Bonchev–Trinajstić information content (AvgIpc) is 1.54. The maximum Gasteiger partial charge on any atom is 0.206 e. The van der Waals surface area contributed by atoms with Crippen LogP contribution in [0.4, 0.5) is 0 Å². The van der Waals surface area contributed by atoms with Crippen molar-refractivity contribution >= 4 is 9.84 Å². The molecule has 0 aromatic heterocycles. The van der Waals surface area contributed by atoms with Crippen LogP contribution in [-0.2, 0) is 26.1 Å². The summed E-state index contributed by atoms with van der Waals surface area (Å²) in [7, 11) is -3.37. The van der Waals surface area contributed by atoms with Crippen LogP contribution in [0.15, 0.2) is 289 Å². The number of hydrogen-bond donors (Lipinski definition) is 0. The van der Waals surface area contributed by atoms with E-state index in [1.807, 2.05) is 13.8 Å². The molecule has 0 radical (unpaired) electrons. The Morgan fingerprint density at radius 2 is 0.489 bits per heavy atom. The van der Waals surface area contributed by atoms with Crippen molar-refractivity contribution in [2.24, 2.45) is 0 Å². The van der Waals surface area contributed by atoms with E-state index in [4.69, 9.17) is 0 Å². The first-order chi connectivity index (χ1) is 43.2. The van der Waals surface area contributed by atoms with E-state index in [1.54, 1.807) is 48.5 Å². The molecule has 0 heterocycles. The first-order valence-corrected chi connectivity index (χ1v) is 32.9. The van der Waals surface area contributed by atoms with Gasteiger partial charge < -0.3 is 0 Å². The summed E-state index contributed by atoms with van der Waals surface area (Å²) in [6, 6.07) is 99.2. The van der Waals surface area contributed by atoms with Gasteiger partial charge in [-0.1, -0.05) is 302 Å². The maximum atomic E-state index is 12.3. The van der Waals surface area contributed by atoms with Crippen molar-refractivity contribution in [1.29, 1.82) is 0 Å². The molecule has 448 valence electrons. The van der Waals surface area contributed by atoms with Crippen LogP contribution in [0.25, 0.3) is 22.3 Å². The number of fused-ring (bicyclic) bond motifs is 6. The Bertz CT molecular complexity index is 4330. The van der Waals surface area contributed by atoms with Crippen LogP contribution in [0, 0.1) is 69.2 Å². The standard InChI is InChI=1S/C29H26.C27H22.C17H20.C14H14O2S/c1-19-13-15-23(17-21(19)3)29(24-16-14-20(2)22(4)18-24)27-11-7-5-9-25(27)26-10-6-8-12-28(26)29;1-19-11-15-21(16-12-19)27(22-17-13-20(2)14-18-22)25-9-5-3-7-23(25)24-8-4-6-10-26(24)27;1-13-5-9-15(10-6-13)17(3,4)16-11-7-14(2)8-12-16;1-11-3-7-13(8-4-11)17(15,16)14-9-5-12(2)6-10-14/h5-18H,1-4H3;3-18H,1-2H3;5-12H,1-4H3;3-10H,1-2H3. The van der Waals surface area contributed by atoms with Gasteiger partial charge in [0.2, 0.25) is 9.84 Å². The predicted octanol–water partition coefficient (Wildman–Crippen LogP) is 21.7. The highest BCUT2D eigenvalue weighted by Gasteiger charge is 2.47. The van der Waals surface area contributed by atoms with Gasteiger partial charge in [-0.3, -0.25) is 0 Å². The fourth-order valence-corrected chi connectivity index (χ4v) is 14.5. The van der Waals surface area contributed by atoms with E-state index < -0.39 is 9.84 Å². The second-order valence-electron chi connectivity index (χ2n) is 25.5. The summed E-state index contributed by atoms with van der Waals surface area (Å²) < 4.78 is 24.5. The minimum absolute atomic E-state index is 0.0708. The number of sulfone groups is 1. The Labute approximate surface area is 536 Å². The van der Waals surface area contributed by atoms with E-state index in [-0.39, 0.29) is 16.2 Å². The molecular weight excluding hydrogens is 1110 g/mol. The first-order valence-electron chi connectivity index (χ1n) is 31.5. The Hall–Kier alpha value is -9.41. The average molecular weight is 1190 g/mol. The molecule has 0 aliphatic heterocycles. The Morgan fingerprint density at radius 3 is 0.767 bits per heavy atom. The molecule has 14 rings (SSSR count). The summed E-state index contributed by atoms with van der Waals surface area (Å²) in [6.07, 6.45) is 0. The second kappa shape index (κ2) is 25.6. The van der Waals surface area contributed by atoms with Crippen molar-refractivity contribution in [2.75, 3.05) is 0 Å². The van der Waals surface area contributed by atoms with E-state index in [1.165, 1.54) is 122 Å². The van der Waals surface area contributed by atoms with Crippen LogP contribution in [-0.4, -0.2) is 8.42 Å². The van der Waals surface area contributed by atoms with Crippen LogP contribution in [0.5, 0.6) is 0 Å². The highest BCUT2D eigenvalue weighted by molar-refractivity contribution is 7.91. The molecule has 0 atom stereocenters. The van der Waals surface area contributed by atoms with Gasteiger partial charge in [0.15, 0.2) is 0 Å². The summed E-state index contributed by atoms with van der Waals surface area (Å²) in [5.41, 5.74) is 31.1. The van der Waals surface area contributed by atoms with Crippen molar-refractivity contribution < 1.29 is 8.42 Å². The van der Waals surface area contributed by atoms with Gasteiger partial charge in [0, 0.05) is 5.41 Å². The van der Waals surface area contributed by atoms with Crippen molar-refractivity contribution in [3.8, 4) is 22.3 Å². The highest BCUT2D eigenvalue weighted by atomic mass is 32.2. The number of benzene rings is 12. The first kappa shape index (κ1) is 62.2. The lowest BCUT2D eigenvalue weighted by Crippen LogP contribution is -2.29. The van der Waals surface area contributed by atoms with E-state index in [0.29, 0.717) is 9.79 Å². The van der Waals surface area contributed by atoms with Gasteiger partial charge in [0.1, 0.15) is 0 Å². The molecule has 0 saturated carbocycles. The van der Waals surface area contributed by atoms with Crippen molar-refractivity contribution in [3.63, 3.8) is 0 Å². The Balaban J connectivity index is 0.000000127. The van der Waals surface area contributed by atoms with E-state index in [2.05, 4.69) is 300 Å². The monoisotopic (exact) mass is 1190 g/mol. The van der Waals surface area contributed by atoms with Gasteiger partial charge >= 0.3 is 0 Å². The van der Waals surface area contributed by atoms with E-state index in [9.17, 15) is 8.42 Å². The van der Waals surface area contributed by atoms with Gasteiger partial charge in [-0.2, -0.15) is 0 Å². The highest BCUT2D eigenvalue weighted by Crippen LogP contribution is 2.58. The molecule has 0 spiro atoms. The van der Waals surface area contributed by atoms with Crippen molar-refractivity contribution in [3.05, 3.63) is 390 Å². The zero-order valence-electron chi connectivity index (χ0n) is 54.3. The van der Waals surface area contributed by atoms with Crippen LogP contribution < -0.4 is 0 Å². The lowest BCUT2D eigenvalue weighted by molar-refractivity contribution is 0.596. The zero-order valence-corrected chi connectivity index (χ0v) is 55.1. The molecular formula is C87H82O2S. The molecule has 3 heteroatoms. The van der Waals surface area contributed by atoms with Crippen molar-refractivity contribution in [2.45, 2.75) is 109 Å². The van der Waals surface area contributed by atoms with Gasteiger partial charge in [-0.25, -0.2) is 8.42 Å². The molecule has 2 aliphatic carbocycles. The van der Waals surface area contributed by atoms with Gasteiger partial charge in [-0.05, 0) is 194 Å². The van der Waals surface area contributed by atoms with Crippen LogP contribution in [0.1, 0.15) is 125 Å². The predicted molar refractivity (Wildman–Crippen MR) is 378 cm³/mol. The second-order valence-corrected chi connectivity index (χ2v) is 27.4. The quantitative estimate of drug-likeness (QED) is 0.152. The molecule has 0 unspecified atom stereocenters. The summed E-state index contributed by atoms with van der Waals surface area (Å²) in [6.45, 7) is 25.8. The normalized spacial score (nSPS) is 12.9. The van der Waals surface area contributed by atoms with E-state index in [0.717, 1.165) is 11.1 Å². The third kappa shape index (κ3) is 11.8. The number of rotatable bonds is 8. The maximum absolute atomic E-state index is 12.3. The molecule has 12 aromatic rings. The van der Waals surface area contributed by atoms with Crippen LogP contribution in [0.3, 0.4) is 0 Å².